The Kier molecular flexibility index (Phi) is 2.97. The summed E-state index contributed by atoms with van der Waals surface area (Å²) < 4.78 is 1.99. The summed E-state index contributed by atoms with van der Waals surface area (Å²) in [7, 11) is 0.0577. The summed E-state index contributed by atoms with van der Waals surface area (Å²) in [6.45, 7) is 0.686. The van der Waals surface area contributed by atoms with Gasteiger partial charge in [0.1, 0.15) is 11.3 Å². The van der Waals surface area contributed by atoms with Crippen LogP contribution in [-0.4, -0.2) is 27.2 Å². The molecule has 0 atom stereocenters. The Bertz CT molecular complexity index is 707. The summed E-state index contributed by atoms with van der Waals surface area (Å²) >= 11 is 0. The van der Waals surface area contributed by atoms with E-state index in [1.165, 1.54) is 0 Å². The summed E-state index contributed by atoms with van der Waals surface area (Å²) in [5.41, 5.74) is 3.55. The van der Waals surface area contributed by atoms with Gasteiger partial charge in [-0.15, -0.1) is 0 Å². The summed E-state index contributed by atoms with van der Waals surface area (Å²) in [6, 6.07) is 13.2. The van der Waals surface area contributed by atoms with Gasteiger partial charge in [-0.2, -0.15) is 0 Å². The number of hydrogen-bond donors (Lipinski definition) is 2. The molecule has 0 bridgehead atoms. The largest absolute Gasteiger partial charge is 0.506 e. The van der Waals surface area contributed by atoms with E-state index in [0.29, 0.717) is 12.1 Å². The van der Waals surface area contributed by atoms with E-state index in [0.717, 1.165) is 16.5 Å². The third-order valence-electron chi connectivity index (χ3n) is 3.19. The molecule has 94 valence electrons. The third-order valence-corrected chi connectivity index (χ3v) is 3.19. The smallest absolute Gasteiger partial charge is 0.304 e. The molecule has 0 saturated heterocycles. The van der Waals surface area contributed by atoms with E-state index in [4.69, 9.17) is 5.02 Å². The quantitative estimate of drug-likeness (QED) is 0.676. The van der Waals surface area contributed by atoms with Gasteiger partial charge in [0.05, 0.1) is 11.8 Å². The van der Waals surface area contributed by atoms with Gasteiger partial charge >= 0.3 is 7.48 Å². The predicted octanol–water partition coefficient (Wildman–Crippen LogP) is 0.759. The van der Waals surface area contributed by atoms with Gasteiger partial charge in [-0.1, -0.05) is 35.8 Å². The standard InChI is InChI=1S/C14H13BN2O2/c18-13-3-1-2-12-14(13)16-9-17(12)8-10-4-6-11(15-19)7-5-10/h1-7,9,15,18-19H,8H2. The SMILES string of the molecule is OBc1ccc(Cn2cnc3c(O)cccc32)cc1. The van der Waals surface area contributed by atoms with Gasteiger partial charge < -0.3 is 14.7 Å². The Morgan fingerprint density at radius 2 is 1.89 bits per heavy atom. The molecule has 1 heterocycles. The molecule has 2 N–H and O–H groups in total. The highest BCUT2D eigenvalue weighted by atomic mass is 16.3. The van der Waals surface area contributed by atoms with Gasteiger partial charge in [0.25, 0.3) is 0 Å². The number of phenolic OH excluding ortho intramolecular Hbond substituents is 1. The van der Waals surface area contributed by atoms with Crippen LogP contribution in [0, 0.1) is 0 Å². The Hall–Kier alpha value is -2.27. The highest BCUT2D eigenvalue weighted by Crippen LogP contribution is 2.22. The lowest BCUT2D eigenvalue weighted by Crippen LogP contribution is -2.12. The Morgan fingerprint density at radius 3 is 2.63 bits per heavy atom. The first-order valence-corrected chi connectivity index (χ1v) is 6.09. The second-order valence-corrected chi connectivity index (χ2v) is 4.49. The average molecular weight is 252 g/mol. The second-order valence-electron chi connectivity index (χ2n) is 4.49. The van der Waals surface area contributed by atoms with Crippen LogP contribution in [-0.2, 0) is 6.54 Å². The van der Waals surface area contributed by atoms with Crippen molar-refractivity contribution in [1.82, 2.24) is 9.55 Å². The van der Waals surface area contributed by atoms with Gasteiger partial charge in [0, 0.05) is 6.54 Å². The van der Waals surface area contributed by atoms with E-state index in [9.17, 15) is 5.11 Å². The maximum Gasteiger partial charge on any atom is 0.304 e. The van der Waals surface area contributed by atoms with Crippen molar-refractivity contribution in [2.45, 2.75) is 6.54 Å². The fraction of sp³-hybridized carbons (Fsp3) is 0.0714. The monoisotopic (exact) mass is 252 g/mol. The molecule has 0 aliphatic heterocycles. The maximum absolute atomic E-state index is 9.72. The van der Waals surface area contributed by atoms with Crippen LogP contribution in [0.5, 0.6) is 5.75 Å². The fourth-order valence-corrected chi connectivity index (χ4v) is 2.15. The molecule has 1 aromatic heterocycles. The minimum atomic E-state index is 0.0577. The number of aromatic nitrogens is 2. The number of rotatable bonds is 3. The minimum absolute atomic E-state index is 0.0577. The average Bonchev–Trinajstić information content (AvgIpc) is 2.84. The Labute approximate surface area is 111 Å². The highest BCUT2D eigenvalue weighted by molar-refractivity contribution is 6.45. The van der Waals surface area contributed by atoms with Crippen molar-refractivity contribution >= 4 is 24.0 Å². The zero-order chi connectivity index (χ0) is 13.2. The molecule has 0 aliphatic carbocycles. The summed E-state index contributed by atoms with van der Waals surface area (Å²) in [5.74, 6) is 0.201. The van der Waals surface area contributed by atoms with Crippen molar-refractivity contribution in [2.75, 3.05) is 0 Å². The van der Waals surface area contributed by atoms with Gasteiger partial charge in [-0.25, -0.2) is 4.98 Å². The molecular weight excluding hydrogens is 239 g/mol. The molecule has 0 saturated carbocycles. The number of para-hydroxylation sites is 1. The van der Waals surface area contributed by atoms with Crippen molar-refractivity contribution in [3.8, 4) is 5.75 Å². The maximum atomic E-state index is 9.72. The molecule has 0 unspecified atom stereocenters. The highest BCUT2D eigenvalue weighted by Gasteiger charge is 2.06. The molecule has 3 rings (SSSR count). The summed E-state index contributed by atoms with van der Waals surface area (Å²) in [5, 5.41) is 18.7. The van der Waals surface area contributed by atoms with Gasteiger partial charge in [0.15, 0.2) is 0 Å². The molecule has 2 aromatic carbocycles. The number of aromatic hydroxyl groups is 1. The predicted molar refractivity (Wildman–Crippen MR) is 75.9 cm³/mol. The number of phenols is 1. The zero-order valence-corrected chi connectivity index (χ0v) is 10.3. The number of imidazole rings is 1. The molecule has 0 radical (unpaired) electrons. The van der Waals surface area contributed by atoms with Crippen molar-refractivity contribution < 1.29 is 10.1 Å². The van der Waals surface area contributed by atoms with Crippen molar-refractivity contribution in [1.29, 1.82) is 0 Å². The molecule has 3 aromatic rings. The molecule has 0 amide bonds. The number of fused-ring (bicyclic) bond motifs is 1. The Morgan fingerprint density at radius 1 is 1.11 bits per heavy atom. The molecular formula is C14H13BN2O2. The lowest BCUT2D eigenvalue weighted by molar-refractivity contribution is 0.480. The van der Waals surface area contributed by atoms with E-state index in [1.807, 2.05) is 41.0 Å². The van der Waals surface area contributed by atoms with E-state index in [1.54, 1.807) is 12.4 Å². The lowest BCUT2D eigenvalue weighted by Gasteiger charge is -2.05. The van der Waals surface area contributed by atoms with Crippen LogP contribution in [0.1, 0.15) is 5.56 Å². The number of benzene rings is 2. The topological polar surface area (TPSA) is 58.3 Å². The van der Waals surface area contributed by atoms with E-state index in [2.05, 4.69) is 4.98 Å². The first kappa shape index (κ1) is 11.8. The molecule has 0 aliphatic rings. The summed E-state index contributed by atoms with van der Waals surface area (Å²) in [6.07, 6.45) is 1.73. The number of nitrogens with zero attached hydrogens (tertiary/aromatic N) is 2. The molecule has 19 heavy (non-hydrogen) atoms. The van der Waals surface area contributed by atoms with Crippen LogP contribution in [0.3, 0.4) is 0 Å². The molecule has 0 fully saturated rings. The second kappa shape index (κ2) is 4.78. The van der Waals surface area contributed by atoms with Crippen molar-refractivity contribution in [2.24, 2.45) is 0 Å². The van der Waals surface area contributed by atoms with Crippen LogP contribution in [0.4, 0.5) is 0 Å². The normalized spacial score (nSPS) is 10.8. The van der Waals surface area contributed by atoms with Gasteiger partial charge in [0.2, 0.25) is 0 Å². The van der Waals surface area contributed by atoms with E-state index >= 15 is 0 Å². The Balaban J connectivity index is 1.94. The van der Waals surface area contributed by atoms with Crippen LogP contribution >= 0.6 is 0 Å². The molecule has 5 heteroatoms. The first-order chi connectivity index (χ1) is 9.28. The zero-order valence-electron chi connectivity index (χ0n) is 10.3. The van der Waals surface area contributed by atoms with Crippen LogP contribution < -0.4 is 5.46 Å². The van der Waals surface area contributed by atoms with Gasteiger partial charge in [-0.05, 0) is 17.7 Å². The van der Waals surface area contributed by atoms with Gasteiger partial charge in [-0.3, -0.25) is 0 Å². The van der Waals surface area contributed by atoms with Crippen LogP contribution in [0.25, 0.3) is 11.0 Å². The lowest BCUT2D eigenvalue weighted by atomic mass is 9.88. The van der Waals surface area contributed by atoms with Crippen LogP contribution in [0.15, 0.2) is 48.8 Å². The minimum Gasteiger partial charge on any atom is -0.506 e. The molecule has 4 nitrogen and oxygen atoms in total. The number of hydrogen-bond acceptors (Lipinski definition) is 3. The van der Waals surface area contributed by atoms with E-state index in [-0.39, 0.29) is 13.2 Å². The van der Waals surface area contributed by atoms with Crippen molar-refractivity contribution in [3.63, 3.8) is 0 Å². The third kappa shape index (κ3) is 2.20. The first-order valence-electron chi connectivity index (χ1n) is 6.09. The summed E-state index contributed by atoms with van der Waals surface area (Å²) in [4.78, 5) is 4.22. The fourth-order valence-electron chi connectivity index (χ4n) is 2.15. The molecule has 0 spiro atoms. The van der Waals surface area contributed by atoms with Crippen molar-refractivity contribution in [3.05, 3.63) is 54.4 Å². The van der Waals surface area contributed by atoms with E-state index < -0.39 is 0 Å². The van der Waals surface area contributed by atoms with Crippen LogP contribution in [0.2, 0.25) is 0 Å².